The van der Waals surface area contributed by atoms with Crippen LogP contribution in [0, 0.1) is 0 Å². The Morgan fingerprint density at radius 2 is 1.59 bits per heavy atom. The first-order chi connectivity index (χ1) is 14.3. The molecule has 0 radical (unpaired) electrons. The summed E-state index contributed by atoms with van der Waals surface area (Å²) in [4.78, 5) is 5.14. The largest absolute Gasteiger partial charge is 0.376 e. The lowest BCUT2D eigenvalue weighted by atomic mass is 9.90. The summed E-state index contributed by atoms with van der Waals surface area (Å²) in [6, 6.07) is 25.8. The summed E-state index contributed by atoms with van der Waals surface area (Å²) in [6.07, 6.45) is 0.914. The third-order valence-electron chi connectivity index (χ3n) is 5.92. The Morgan fingerprint density at radius 3 is 2.45 bits per heavy atom. The lowest BCUT2D eigenvalue weighted by Gasteiger charge is -2.23. The van der Waals surface area contributed by atoms with Gasteiger partial charge < -0.3 is 4.74 Å². The molecule has 6 rings (SSSR count). The number of nitrogens with zero attached hydrogens (tertiary/aromatic N) is 1. The molecule has 0 saturated carbocycles. The topological polar surface area (TPSA) is 22.1 Å². The molecule has 0 spiro atoms. The fraction of sp³-hybridized carbons (Fsp3) is 0.115. The molecule has 0 saturated heterocycles. The number of halogens is 1. The van der Waals surface area contributed by atoms with Crippen LogP contribution in [-0.2, 0) is 17.8 Å². The van der Waals surface area contributed by atoms with E-state index >= 15 is 0 Å². The molecule has 0 unspecified atom stereocenters. The number of benzene rings is 4. The second-order valence-electron chi connectivity index (χ2n) is 7.58. The third-order valence-corrected chi connectivity index (χ3v) is 6.61. The predicted octanol–water partition coefficient (Wildman–Crippen LogP) is 7.04. The molecular weight excluding hydrogens is 422 g/mol. The number of ether oxygens (including phenoxy) is 1. The molecule has 2 heterocycles. The number of fused-ring (bicyclic) bond motifs is 6. The molecule has 0 N–H and O–H groups in total. The minimum absolute atomic E-state index is 0.610. The summed E-state index contributed by atoms with van der Waals surface area (Å²) in [5.41, 5.74) is 5.80. The zero-order valence-electron chi connectivity index (χ0n) is 15.8. The molecule has 29 heavy (non-hydrogen) atoms. The van der Waals surface area contributed by atoms with Crippen molar-refractivity contribution in [2.24, 2.45) is 0 Å². The molecule has 0 aliphatic carbocycles. The van der Waals surface area contributed by atoms with Gasteiger partial charge in [-0.1, -0.05) is 64.5 Å². The lowest BCUT2D eigenvalue weighted by molar-refractivity contribution is 0.111. The zero-order valence-corrected chi connectivity index (χ0v) is 17.4. The average Bonchev–Trinajstić information content (AvgIpc) is 2.77. The van der Waals surface area contributed by atoms with Crippen LogP contribution in [0.3, 0.4) is 0 Å². The Balaban J connectivity index is 1.75. The van der Waals surface area contributed by atoms with Gasteiger partial charge in [-0.3, -0.25) is 0 Å². The Bertz CT molecular complexity index is 1420. The van der Waals surface area contributed by atoms with Crippen molar-refractivity contribution >= 4 is 48.4 Å². The first-order valence-corrected chi connectivity index (χ1v) is 10.7. The van der Waals surface area contributed by atoms with E-state index < -0.39 is 0 Å². The van der Waals surface area contributed by atoms with Crippen LogP contribution < -0.4 is 0 Å². The molecule has 1 aliphatic heterocycles. The molecule has 3 heteroatoms. The summed E-state index contributed by atoms with van der Waals surface area (Å²) in [6.45, 7) is 1.37. The second kappa shape index (κ2) is 6.65. The van der Waals surface area contributed by atoms with Crippen molar-refractivity contribution in [2.45, 2.75) is 13.0 Å². The summed E-state index contributed by atoms with van der Waals surface area (Å²) in [5.74, 6) is 0. The van der Waals surface area contributed by atoms with Gasteiger partial charge in [-0.15, -0.1) is 0 Å². The van der Waals surface area contributed by atoms with Crippen molar-refractivity contribution in [1.29, 1.82) is 0 Å². The van der Waals surface area contributed by atoms with Crippen LogP contribution in [0.1, 0.15) is 11.1 Å². The van der Waals surface area contributed by atoms with Gasteiger partial charge in [-0.2, -0.15) is 0 Å². The monoisotopic (exact) mass is 439 g/mol. The van der Waals surface area contributed by atoms with E-state index in [9.17, 15) is 0 Å². The van der Waals surface area contributed by atoms with Gasteiger partial charge in [0.15, 0.2) is 0 Å². The van der Waals surface area contributed by atoms with Gasteiger partial charge in [-0.25, -0.2) is 4.98 Å². The fourth-order valence-corrected chi connectivity index (χ4v) is 5.02. The summed E-state index contributed by atoms with van der Waals surface area (Å²) in [7, 11) is 0. The molecule has 1 aromatic heterocycles. The van der Waals surface area contributed by atoms with Crippen molar-refractivity contribution in [2.75, 3.05) is 6.61 Å². The maximum absolute atomic E-state index is 5.87. The minimum Gasteiger partial charge on any atom is -0.376 e. The quantitative estimate of drug-likeness (QED) is 0.206. The summed E-state index contributed by atoms with van der Waals surface area (Å²) < 4.78 is 6.94. The highest BCUT2D eigenvalue weighted by molar-refractivity contribution is 9.10. The summed E-state index contributed by atoms with van der Waals surface area (Å²) >= 11 is 3.71. The van der Waals surface area contributed by atoms with Crippen LogP contribution in [-0.4, -0.2) is 11.6 Å². The normalized spacial score (nSPS) is 13.8. The lowest BCUT2D eigenvalue weighted by Crippen LogP contribution is -2.13. The van der Waals surface area contributed by atoms with E-state index in [-0.39, 0.29) is 0 Å². The standard InChI is InChI=1S/C26H18BrNO/c27-23-8-4-3-7-20(23)26-22-15-29-12-11-19(22)25-21-14-17-6-2-1-5-16(17)13-18(21)9-10-24(25)28-26/h1-10,13-14H,11-12,15H2. The Labute approximate surface area is 177 Å². The van der Waals surface area contributed by atoms with Crippen molar-refractivity contribution in [1.82, 2.24) is 4.98 Å². The predicted molar refractivity (Wildman–Crippen MR) is 123 cm³/mol. The number of hydrogen-bond donors (Lipinski definition) is 0. The second-order valence-corrected chi connectivity index (χ2v) is 8.43. The Kier molecular flexibility index (Phi) is 3.93. The Morgan fingerprint density at radius 1 is 0.793 bits per heavy atom. The van der Waals surface area contributed by atoms with E-state index in [1.807, 2.05) is 6.07 Å². The highest BCUT2D eigenvalue weighted by atomic mass is 79.9. The van der Waals surface area contributed by atoms with Gasteiger partial charge in [0.2, 0.25) is 0 Å². The van der Waals surface area contributed by atoms with Crippen LogP contribution in [0.15, 0.2) is 77.3 Å². The smallest absolute Gasteiger partial charge is 0.0779 e. The molecule has 0 amide bonds. The maximum atomic E-state index is 5.87. The molecule has 4 aromatic carbocycles. The van der Waals surface area contributed by atoms with Crippen LogP contribution in [0.5, 0.6) is 0 Å². The Hall–Kier alpha value is -2.75. The van der Waals surface area contributed by atoms with Gasteiger partial charge in [0.25, 0.3) is 0 Å². The molecular formula is C26H18BrNO. The van der Waals surface area contributed by atoms with Crippen LogP contribution in [0.2, 0.25) is 0 Å². The first kappa shape index (κ1) is 17.1. The number of rotatable bonds is 1. The molecule has 5 aromatic rings. The molecule has 0 atom stereocenters. The maximum Gasteiger partial charge on any atom is 0.0779 e. The molecule has 0 bridgehead atoms. The van der Waals surface area contributed by atoms with Crippen molar-refractivity contribution in [3.63, 3.8) is 0 Å². The number of pyridine rings is 1. The van der Waals surface area contributed by atoms with Crippen molar-refractivity contribution in [3.05, 3.63) is 88.4 Å². The zero-order chi connectivity index (χ0) is 19.4. The molecule has 0 fully saturated rings. The molecule has 140 valence electrons. The minimum atomic E-state index is 0.610. The average molecular weight is 440 g/mol. The van der Waals surface area contributed by atoms with Gasteiger partial charge >= 0.3 is 0 Å². The third kappa shape index (κ3) is 2.69. The highest BCUT2D eigenvalue weighted by Gasteiger charge is 2.22. The van der Waals surface area contributed by atoms with E-state index in [0.29, 0.717) is 6.61 Å². The van der Waals surface area contributed by atoms with E-state index in [4.69, 9.17) is 9.72 Å². The van der Waals surface area contributed by atoms with Crippen LogP contribution >= 0.6 is 15.9 Å². The van der Waals surface area contributed by atoms with E-state index in [0.717, 1.165) is 34.3 Å². The SMILES string of the molecule is Brc1ccccc1-c1nc2ccc3cc4ccccc4cc3c2c2c1COCC2. The van der Waals surface area contributed by atoms with Gasteiger partial charge in [0, 0.05) is 21.0 Å². The van der Waals surface area contributed by atoms with E-state index in [1.165, 1.54) is 38.1 Å². The van der Waals surface area contributed by atoms with Gasteiger partial charge in [-0.05, 0) is 57.8 Å². The molecule has 2 nitrogen and oxygen atoms in total. The molecule has 1 aliphatic rings. The van der Waals surface area contributed by atoms with Gasteiger partial charge in [0.05, 0.1) is 24.4 Å². The summed E-state index contributed by atoms with van der Waals surface area (Å²) in [5, 5.41) is 6.37. The van der Waals surface area contributed by atoms with Crippen LogP contribution in [0.25, 0.3) is 43.7 Å². The van der Waals surface area contributed by atoms with Crippen molar-refractivity contribution < 1.29 is 4.74 Å². The van der Waals surface area contributed by atoms with Crippen LogP contribution in [0.4, 0.5) is 0 Å². The number of aromatic nitrogens is 1. The van der Waals surface area contributed by atoms with Crippen molar-refractivity contribution in [3.8, 4) is 11.3 Å². The fourth-order valence-electron chi connectivity index (χ4n) is 4.55. The highest BCUT2D eigenvalue weighted by Crippen LogP contribution is 2.39. The van der Waals surface area contributed by atoms with E-state index in [1.54, 1.807) is 0 Å². The first-order valence-electron chi connectivity index (χ1n) is 9.89. The number of hydrogen-bond acceptors (Lipinski definition) is 2. The van der Waals surface area contributed by atoms with Gasteiger partial charge in [0.1, 0.15) is 0 Å². The van der Waals surface area contributed by atoms with E-state index in [2.05, 4.69) is 82.7 Å².